The maximum atomic E-state index is 13.3. The first kappa shape index (κ1) is 29.0. The molecular weight excluding hydrogens is 447 g/mol. The van der Waals surface area contributed by atoms with E-state index in [-0.39, 0.29) is 48.0 Å². The summed E-state index contributed by atoms with van der Waals surface area (Å²) in [5, 5.41) is 34.3. The maximum Gasteiger partial charge on any atom is 0.274 e. The highest BCUT2D eigenvalue weighted by atomic mass is 19.1. The molecule has 2 amide bonds. The fourth-order valence-corrected chi connectivity index (χ4v) is 3.34. The third-order valence-electron chi connectivity index (χ3n) is 5.30. The van der Waals surface area contributed by atoms with E-state index in [1.807, 2.05) is 0 Å². The first-order chi connectivity index (χ1) is 15.8. The Kier molecular flexibility index (Phi) is 12.8. The van der Waals surface area contributed by atoms with Crippen molar-refractivity contribution in [1.82, 2.24) is 15.7 Å². The fraction of sp³-hybridized carbons (Fsp3) is 0.522. The van der Waals surface area contributed by atoms with Crippen LogP contribution in [0.4, 0.5) is 4.39 Å². The third-order valence-corrected chi connectivity index (χ3v) is 5.30. The lowest BCUT2D eigenvalue weighted by molar-refractivity contribution is -0.160. The number of aliphatic hydroxyl groups is 1. The highest BCUT2D eigenvalue weighted by Crippen LogP contribution is 2.17. The summed E-state index contributed by atoms with van der Waals surface area (Å²) >= 11 is 0. The van der Waals surface area contributed by atoms with Crippen LogP contribution in [0.25, 0.3) is 0 Å². The highest BCUT2D eigenvalue weighted by molar-refractivity contribution is 5.94. The van der Waals surface area contributed by atoms with Gasteiger partial charge in [0.1, 0.15) is 18.1 Å². The van der Waals surface area contributed by atoms with Crippen LogP contribution in [0.1, 0.15) is 61.4 Å². The zero-order valence-electron chi connectivity index (χ0n) is 19.2. The van der Waals surface area contributed by atoms with Crippen molar-refractivity contribution in [3.8, 4) is 6.07 Å². The van der Waals surface area contributed by atoms with Gasteiger partial charge in [-0.15, -0.1) is 0 Å². The quantitative estimate of drug-likeness (QED) is 0.152. The van der Waals surface area contributed by atoms with E-state index >= 15 is 0 Å². The zero-order chi connectivity index (χ0) is 24.2. The topological polar surface area (TPSA) is 166 Å². The number of rotatable bonds is 12. The van der Waals surface area contributed by atoms with Crippen molar-refractivity contribution in [2.24, 2.45) is 0 Å². The molecule has 1 aromatic rings. The first-order valence-corrected chi connectivity index (χ1v) is 11.0. The van der Waals surface area contributed by atoms with Crippen LogP contribution >= 0.6 is 0 Å². The summed E-state index contributed by atoms with van der Waals surface area (Å²) < 4.78 is 18.8. The van der Waals surface area contributed by atoms with Gasteiger partial charge >= 0.3 is 0 Å². The van der Waals surface area contributed by atoms with Crippen LogP contribution in [-0.4, -0.2) is 64.7 Å². The third kappa shape index (κ3) is 9.07. The molecule has 1 aliphatic rings. The predicted octanol–water partition coefficient (Wildman–Crippen LogP) is 1.37. The molecule has 2 rings (SSSR count). The second kappa shape index (κ2) is 15.0. The van der Waals surface area contributed by atoms with Gasteiger partial charge in [0.2, 0.25) is 0 Å². The Hall–Kier alpha value is -3.04. The number of hydrogen-bond donors (Lipinski definition) is 4. The fourth-order valence-electron chi connectivity index (χ4n) is 3.34. The number of nitriles is 1. The summed E-state index contributed by atoms with van der Waals surface area (Å²) in [6.07, 6.45) is 5.41. The number of unbranched alkanes of at least 4 members (excludes halogenated alkanes) is 3. The molecule has 1 fully saturated rings. The molecule has 11 heteroatoms. The van der Waals surface area contributed by atoms with Crippen LogP contribution in [0.15, 0.2) is 30.0 Å². The van der Waals surface area contributed by atoms with E-state index in [4.69, 9.17) is 15.1 Å². The van der Waals surface area contributed by atoms with Crippen molar-refractivity contribution in [2.45, 2.75) is 57.8 Å². The number of carbonyl (C=O) groups is 2. The number of hydroxylamine groups is 2. The van der Waals surface area contributed by atoms with Crippen molar-refractivity contribution in [2.75, 3.05) is 19.7 Å². The number of halogens is 1. The standard InChI is InChI=1S/C23H31FN4O5.H2O/c1-16(14-27-21-9-7-19(15-29)33-21)23(31)28(32)11-5-3-2-4-10-26-22(30)17-6-8-20(24)18(12-17)13-25;/h6,8,12,14,19,21,27,29,32H,2-5,7,9-11,15H2,1H3,(H,26,30);1H2/b16-14-;/t19-,21?;/m0./s1. The van der Waals surface area contributed by atoms with Gasteiger partial charge in [0.25, 0.3) is 11.8 Å². The van der Waals surface area contributed by atoms with E-state index in [1.165, 1.54) is 18.3 Å². The van der Waals surface area contributed by atoms with E-state index in [1.54, 1.807) is 13.0 Å². The molecular formula is C23H33FN4O6. The smallest absolute Gasteiger partial charge is 0.274 e. The summed E-state index contributed by atoms with van der Waals surface area (Å²) in [4.78, 5) is 24.3. The molecule has 0 spiro atoms. The van der Waals surface area contributed by atoms with Crippen molar-refractivity contribution in [3.05, 3.63) is 46.9 Å². The lowest BCUT2D eigenvalue weighted by Crippen LogP contribution is -2.31. The summed E-state index contributed by atoms with van der Waals surface area (Å²) in [5.74, 6) is -1.53. The van der Waals surface area contributed by atoms with Crippen molar-refractivity contribution >= 4 is 11.8 Å². The minimum absolute atomic E-state index is 0. The molecule has 10 nitrogen and oxygen atoms in total. The number of carbonyl (C=O) groups excluding carboxylic acids is 2. The van der Waals surface area contributed by atoms with Crippen molar-refractivity contribution in [3.63, 3.8) is 0 Å². The minimum Gasteiger partial charge on any atom is -0.412 e. The molecule has 6 N–H and O–H groups in total. The number of nitrogens with zero attached hydrogens (tertiary/aromatic N) is 2. The minimum atomic E-state index is -0.661. The molecule has 188 valence electrons. The molecule has 1 aromatic carbocycles. The Morgan fingerprint density at radius 1 is 1.29 bits per heavy atom. The lowest BCUT2D eigenvalue weighted by atomic mass is 10.1. The van der Waals surface area contributed by atoms with Gasteiger partial charge < -0.3 is 26.0 Å². The van der Waals surface area contributed by atoms with Crippen LogP contribution in [0.2, 0.25) is 0 Å². The molecule has 1 saturated heterocycles. The Morgan fingerprint density at radius 2 is 2.03 bits per heavy atom. The van der Waals surface area contributed by atoms with Gasteiger partial charge in [-0.2, -0.15) is 5.26 Å². The van der Waals surface area contributed by atoms with E-state index < -0.39 is 11.7 Å². The molecule has 0 saturated carbocycles. The van der Waals surface area contributed by atoms with Crippen molar-refractivity contribution < 1.29 is 34.5 Å². The molecule has 0 radical (unpaired) electrons. The molecule has 1 unspecified atom stereocenters. The monoisotopic (exact) mass is 480 g/mol. The molecule has 34 heavy (non-hydrogen) atoms. The summed E-state index contributed by atoms with van der Waals surface area (Å²) in [5.41, 5.74) is 0.401. The van der Waals surface area contributed by atoms with E-state index in [9.17, 15) is 19.2 Å². The first-order valence-electron chi connectivity index (χ1n) is 11.0. The summed E-state index contributed by atoms with van der Waals surface area (Å²) in [7, 11) is 0. The van der Waals surface area contributed by atoms with Crippen LogP contribution in [0.5, 0.6) is 0 Å². The predicted molar refractivity (Wildman–Crippen MR) is 121 cm³/mol. The highest BCUT2D eigenvalue weighted by Gasteiger charge is 2.23. The normalized spacial score (nSPS) is 17.4. The van der Waals surface area contributed by atoms with E-state index in [0.29, 0.717) is 30.0 Å². The molecule has 2 atom stereocenters. The largest absolute Gasteiger partial charge is 0.412 e. The summed E-state index contributed by atoms with van der Waals surface area (Å²) in [6.45, 7) is 2.18. The van der Waals surface area contributed by atoms with E-state index in [0.717, 1.165) is 31.7 Å². The average molecular weight is 481 g/mol. The Morgan fingerprint density at radius 3 is 2.71 bits per heavy atom. The Bertz CT molecular complexity index is 889. The second-order valence-electron chi connectivity index (χ2n) is 7.91. The number of nitrogens with one attached hydrogen (secondary N) is 2. The van der Waals surface area contributed by atoms with Crippen LogP contribution < -0.4 is 10.6 Å². The van der Waals surface area contributed by atoms with Gasteiger partial charge in [-0.1, -0.05) is 12.8 Å². The molecule has 0 aliphatic carbocycles. The van der Waals surface area contributed by atoms with Gasteiger partial charge in [0.15, 0.2) is 0 Å². The molecule has 0 bridgehead atoms. The summed E-state index contributed by atoms with van der Waals surface area (Å²) in [6, 6.07) is 5.35. The van der Waals surface area contributed by atoms with Gasteiger partial charge in [-0.05, 0) is 50.8 Å². The van der Waals surface area contributed by atoms with Gasteiger partial charge in [0.05, 0.1) is 18.3 Å². The SMILES string of the molecule is C/C(=C/NC1CC[C@@H](CO)O1)C(=O)N(O)CCCCCCNC(=O)c1ccc(F)c(C#N)c1.O. The maximum absolute atomic E-state index is 13.3. The Balaban J connectivity index is 0.00000578. The number of ether oxygens (including phenoxy) is 1. The van der Waals surface area contributed by atoms with E-state index in [2.05, 4.69) is 10.6 Å². The number of hydrogen-bond acceptors (Lipinski definition) is 7. The van der Waals surface area contributed by atoms with Crippen LogP contribution in [-0.2, 0) is 9.53 Å². The van der Waals surface area contributed by atoms with Crippen LogP contribution in [0.3, 0.4) is 0 Å². The molecule has 1 aliphatic heterocycles. The average Bonchev–Trinajstić information content (AvgIpc) is 3.29. The number of benzene rings is 1. The number of amides is 2. The van der Waals surface area contributed by atoms with Gasteiger partial charge in [-0.3, -0.25) is 14.8 Å². The molecule has 1 heterocycles. The molecule has 0 aromatic heterocycles. The van der Waals surface area contributed by atoms with Crippen LogP contribution in [0, 0.1) is 17.1 Å². The Labute approximate surface area is 198 Å². The second-order valence-corrected chi connectivity index (χ2v) is 7.91. The zero-order valence-corrected chi connectivity index (χ0v) is 19.2. The van der Waals surface area contributed by atoms with Gasteiger partial charge in [0, 0.05) is 30.4 Å². The number of aliphatic hydroxyl groups excluding tert-OH is 1. The van der Waals surface area contributed by atoms with Crippen molar-refractivity contribution in [1.29, 1.82) is 5.26 Å². The van der Waals surface area contributed by atoms with Gasteiger partial charge in [-0.25, -0.2) is 9.45 Å². The lowest BCUT2D eigenvalue weighted by Gasteiger charge is -2.16.